The van der Waals surface area contributed by atoms with Crippen LogP contribution < -0.4 is 5.32 Å². The molecule has 82 valence electrons. The summed E-state index contributed by atoms with van der Waals surface area (Å²) in [6, 6.07) is 0.554. The summed E-state index contributed by atoms with van der Waals surface area (Å²) in [6.07, 6.45) is 4.54. The Morgan fingerprint density at radius 2 is 2.29 bits per heavy atom. The van der Waals surface area contributed by atoms with E-state index in [1.165, 1.54) is 19.3 Å². The molecule has 3 nitrogen and oxygen atoms in total. The summed E-state index contributed by atoms with van der Waals surface area (Å²) in [7, 11) is 0. The molecular weight excluding hydrogens is 178 g/mol. The van der Waals surface area contributed by atoms with Crippen molar-refractivity contribution in [2.24, 2.45) is 5.92 Å². The highest BCUT2D eigenvalue weighted by Crippen LogP contribution is 2.29. The van der Waals surface area contributed by atoms with Crippen molar-refractivity contribution in [2.45, 2.75) is 45.6 Å². The molecule has 0 aromatic heterocycles. The number of hydrogen-bond acceptors (Lipinski definition) is 3. The fourth-order valence-corrected chi connectivity index (χ4v) is 1.74. The zero-order chi connectivity index (χ0) is 10.4. The molecule has 1 N–H and O–H groups in total. The smallest absolute Gasteiger partial charge is 0.307 e. The molecule has 1 unspecified atom stereocenters. The van der Waals surface area contributed by atoms with Gasteiger partial charge in [0.15, 0.2) is 0 Å². The Balaban J connectivity index is 1.99. The molecule has 1 aliphatic rings. The van der Waals surface area contributed by atoms with E-state index in [0.29, 0.717) is 19.1 Å². The second kappa shape index (κ2) is 6.02. The topological polar surface area (TPSA) is 38.3 Å². The van der Waals surface area contributed by atoms with Crippen LogP contribution in [0.4, 0.5) is 0 Å². The predicted octanol–water partition coefficient (Wildman–Crippen LogP) is 1.72. The Morgan fingerprint density at radius 3 is 2.79 bits per heavy atom. The molecule has 0 bridgehead atoms. The molecular formula is C11H21NO2. The van der Waals surface area contributed by atoms with E-state index in [0.717, 1.165) is 12.5 Å². The van der Waals surface area contributed by atoms with E-state index in [4.69, 9.17) is 4.74 Å². The first-order valence-electron chi connectivity index (χ1n) is 5.63. The van der Waals surface area contributed by atoms with E-state index in [1.54, 1.807) is 0 Å². The molecule has 0 radical (unpaired) electrons. The Hall–Kier alpha value is -0.570. The van der Waals surface area contributed by atoms with Gasteiger partial charge < -0.3 is 10.1 Å². The molecule has 1 fully saturated rings. The summed E-state index contributed by atoms with van der Waals surface area (Å²) < 4.78 is 4.85. The summed E-state index contributed by atoms with van der Waals surface area (Å²) in [5, 5.41) is 3.37. The number of ether oxygens (including phenoxy) is 1. The van der Waals surface area contributed by atoms with Gasteiger partial charge in [-0.25, -0.2) is 0 Å². The van der Waals surface area contributed by atoms with Crippen molar-refractivity contribution >= 4 is 5.97 Å². The van der Waals surface area contributed by atoms with Crippen LogP contribution in [0.25, 0.3) is 0 Å². The van der Waals surface area contributed by atoms with Crippen molar-refractivity contribution < 1.29 is 9.53 Å². The van der Waals surface area contributed by atoms with Gasteiger partial charge in [0.1, 0.15) is 0 Å². The Bertz CT molecular complexity index is 178. The van der Waals surface area contributed by atoms with Crippen LogP contribution in [0, 0.1) is 5.92 Å². The molecule has 0 aromatic carbocycles. The van der Waals surface area contributed by atoms with Gasteiger partial charge in [0, 0.05) is 12.6 Å². The minimum Gasteiger partial charge on any atom is -0.466 e. The molecule has 0 saturated heterocycles. The van der Waals surface area contributed by atoms with E-state index >= 15 is 0 Å². The Kier molecular flexibility index (Phi) is 4.94. The fraction of sp³-hybridized carbons (Fsp3) is 0.909. The lowest BCUT2D eigenvalue weighted by Gasteiger charge is -2.31. The molecule has 0 aliphatic heterocycles. The molecule has 0 amide bonds. The van der Waals surface area contributed by atoms with Gasteiger partial charge in [0.2, 0.25) is 0 Å². The molecule has 1 atom stereocenters. The van der Waals surface area contributed by atoms with Crippen molar-refractivity contribution in [1.29, 1.82) is 0 Å². The zero-order valence-electron chi connectivity index (χ0n) is 9.21. The van der Waals surface area contributed by atoms with Crippen LogP contribution in [0.1, 0.15) is 39.5 Å². The highest BCUT2D eigenvalue weighted by Gasteiger charge is 2.23. The number of carbonyl (C=O) groups is 1. The normalized spacial score (nSPS) is 18.7. The summed E-state index contributed by atoms with van der Waals surface area (Å²) in [4.78, 5) is 11.0. The van der Waals surface area contributed by atoms with E-state index in [1.807, 2.05) is 6.92 Å². The van der Waals surface area contributed by atoms with Crippen LogP contribution >= 0.6 is 0 Å². The van der Waals surface area contributed by atoms with Gasteiger partial charge in [-0.1, -0.05) is 6.42 Å². The van der Waals surface area contributed by atoms with Crippen LogP contribution in [-0.2, 0) is 9.53 Å². The summed E-state index contributed by atoms with van der Waals surface area (Å²) in [5.41, 5.74) is 0. The van der Waals surface area contributed by atoms with Crippen molar-refractivity contribution in [1.82, 2.24) is 5.32 Å². The maximum absolute atomic E-state index is 11.0. The average Bonchev–Trinajstić information content (AvgIpc) is 2.01. The fourth-order valence-electron chi connectivity index (χ4n) is 1.74. The molecule has 0 aromatic rings. The first kappa shape index (κ1) is 11.5. The lowest BCUT2D eigenvalue weighted by molar-refractivity contribution is -0.143. The molecule has 3 heteroatoms. The highest BCUT2D eigenvalue weighted by molar-refractivity contribution is 5.69. The lowest BCUT2D eigenvalue weighted by Crippen LogP contribution is -2.38. The number of hydrogen-bond donors (Lipinski definition) is 1. The SMILES string of the molecule is CCOC(=O)CCNC(C)C1CCC1. The Morgan fingerprint density at radius 1 is 1.57 bits per heavy atom. The molecule has 1 aliphatic carbocycles. The standard InChI is InChI=1S/C11H21NO2/c1-3-14-11(13)7-8-12-9(2)10-5-4-6-10/h9-10,12H,3-8H2,1-2H3. The summed E-state index contributed by atoms with van der Waals surface area (Å²) >= 11 is 0. The maximum atomic E-state index is 11.0. The molecule has 1 saturated carbocycles. The van der Waals surface area contributed by atoms with Gasteiger partial charge in [-0.2, -0.15) is 0 Å². The summed E-state index contributed by atoms with van der Waals surface area (Å²) in [5.74, 6) is 0.734. The predicted molar refractivity (Wildman–Crippen MR) is 56.1 cm³/mol. The van der Waals surface area contributed by atoms with E-state index < -0.39 is 0 Å². The third-order valence-corrected chi connectivity index (χ3v) is 2.96. The number of nitrogens with one attached hydrogen (secondary N) is 1. The van der Waals surface area contributed by atoms with Crippen LogP contribution in [0.15, 0.2) is 0 Å². The Labute approximate surface area is 86.2 Å². The zero-order valence-corrected chi connectivity index (χ0v) is 9.21. The minimum absolute atomic E-state index is 0.0965. The van der Waals surface area contributed by atoms with Crippen molar-refractivity contribution in [3.63, 3.8) is 0 Å². The quantitative estimate of drug-likeness (QED) is 0.662. The second-order valence-corrected chi connectivity index (χ2v) is 3.99. The van der Waals surface area contributed by atoms with E-state index in [9.17, 15) is 4.79 Å². The third kappa shape index (κ3) is 3.66. The van der Waals surface area contributed by atoms with Gasteiger partial charge in [-0.15, -0.1) is 0 Å². The van der Waals surface area contributed by atoms with Crippen molar-refractivity contribution in [3.05, 3.63) is 0 Å². The van der Waals surface area contributed by atoms with Gasteiger partial charge in [-0.3, -0.25) is 4.79 Å². The minimum atomic E-state index is -0.0965. The van der Waals surface area contributed by atoms with Crippen LogP contribution in [0.2, 0.25) is 0 Å². The molecule has 0 heterocycles. The van der Waals surface area contributed by atoms with Crippen LogP contribution in [-0.4, -0.2) is 25.2 Å². The number of carbonyl (C=O) groups excluding carboxylic acids is 1. The van der Waals surface area contributed by atoms with E-state index in [2.05, 4.69) is 12.2 Å². The monoisotopic (exact) mass is 199 g/mol. The van der Waals surface area contributed by atoms with Gasteiger partial charge in [0.25, 0.3) is 0 Å². The number of esters is 1. The first-order valence-corrected chi connectivity index (χ1v) is 5.63. The van der Waals surface area contributed by atoms with E-state index in [-0.39, 0.29) is 5.97 Å². The van der Waals surface area contributed by atoms with Crippen molar-refractivity contribution in [3.8, 4) is 0 Å². The lowest BCUT2D eigenvalue weighted by atomic mass is 9.80. The number of rotatable bonds is 6. The average molecular weight is 199 g/mol. The molecule has 1 rings (SSSR count). The third-order valence-electron chi connectivity index (χ3n) is 2.96. The van der Waals surface area contributed by atoms with Gasteiger partial charge in [0.05, 0.1) is 13.0 Å². The maximum Gasteiger partial charge on any atom is 0.307 e. The van der Waals surface area contributed by atoms with Crippen LogP contribution in [0.5, 0.6) is 0 Å². The van der Waals surface area contributed by atoms with Gasteiger partial charge >= 0.3 is 5.97 Å². The molecule has 0 spiro atoms. The first-order chi connectivity index (χ1) is 6.74. The summed E-state index contributed by atoms with van der Waals surface area (Å²) in [6.45, 7) is 5.27. The largest absolute Gasteiger partial charge is 0.466 e. The van der Waals surface area contributed by atoms with Crippen molar-refractivity contribution in [2.75, 3.05) is 13.2 Å². The molecule has 14 heavy (non-hydrogen) atoms. The van der Waals surface area contributed by atoms with Crippen LogP contribution in [0.3, 0.4) is 0 Å². The van der Waals surface area contributed by atoms with Gasteiger partial charge in [-0.05, 0) is 32.6 Å². The highest BCUT2D eigenvalue weighted by atomic mass is 16.5. The second-order valence-electron chi connectivity index (χ2n) is 3.99.